The van der Waals surface area contributed by atoms with Gasteiger partial charge in [0, 0.05) is 31.1 Å². The Bertz CT molecular complexity index is 885. The molecule has 4 atom stereocenters. The molecule has 3 fully saturated rings. The van der Waals surface area contributed by atoms with Gasteiger partial charge in [-0.15, -0.1) is 0 Å². The molecule has 160 valence electrons. The van der Waals surface area contributed by atoms with Gasteiger partial charge < -0.3 is 9.64 Å². The third kappa shape index (κ3) is 3.49. The van der Waals surface area contributed by atoms with Crippen molar-refractivity contribution in [2.75, 3.05) is 13.1 Å². The molecule has 3 heterocycles. The lowest BCUT2D eigenvalue weighted by atomic mass is 10.0. The number of benzene rings is 1. The molecule has 1 aliphatic carbocycles. The zero-order valence-electron chi connectivity index (χ0n) is 17.4. The second kappa shape index (κ2) is 7.69. The average molecular weight is 412 g/mol. The van der Waals surface area contributed by atoms with Gasteiger partial charge in [0.1, 0.15) is 17.9 Å². The minimum absolute atomic E-state index is 0.143. The molecule has 3 aliphatic heterocycles. The minimum atomic E-state index is -0.580. The van der Waals surface area contributed by atoms with Crippen LogP contribution in [0.4, 0.5) is 0 Å². The smallest absolute Gasteiger partial charge is 0.255 e. The Morgan fingerprint density at radius 2 is 1.97 bits per heavy atom. The number of nitrogens with zero attached hydrogens (tertiary/aromatic N) is 2. The van der Waals surface area contributed by atoms with Crippen LogP contribution >= 0.6 is 0 Å². The maximum atomic E-state index is 12.8. The number of hydrogen-bond donors (Lipinski definition) is 1. The highest BCUT2D eigenvalue weighted by atomic mass is 16.5. The van der Waals surface area contributed by atoms with Crippen LogP contribution < -0.4 is 10.1 Å². The number of carbonyl (C=O) groups is 3. The van der Waals surface area contributed by atoms with Crippen molar-refractivity contribution in [1.29, 1.82) is 0 Å². The van der Waals surface area contributed by atoms with Crippen LogP contribution in [-0.2, 0) is 16.1 Å². The molecule has 0 spiro atoms. The number of likely N-dealkylation sites (tertiary alicyclic amines) is 1. The summed E-state index contributed by atoms with van der Waals surface area (Å²) in [7, 11) is 0. The van der Waals surface area contributed by atoms with E-state index in [0.29, 0.717) is 24.6 Å². The summed E-state index contributed by atoms with van der Waals surface area (Å²) in [4.78, 5) is 40.7. The molecule has 30 heavy (non-hydrogen) atoms. The van der Waals surface area contributed by atoms with E-state index in [0.717, 1.165) is 36.7 Å². The number of amides is 3. The van der Waals surface area contributed by atoms with Crippen LogP contribution in [0.25, 0.3) is 0 Å². The van der Waals surface area contributed by atoms with Crippen LogP contribution in [0.3, 0.4) is 0 Å². The zero-order chi connectivity index (χ0) is 20.8. The number of hydrogen-bond acceptors (Lipinski definition) is 5. The first-order valence-electron chi connectivity index (χ1n) is 11.2. The molecule has 1 aromatic carbocycles. The summed E-state index contributed by atoms with van der Waals surface area (Å²) in [6, 6.07) is 5.56. The summed E-state index contributed by atoms with van der Waals surface area (Å²) < 4.78 is 6.42. The van der Waals surface area contributed by atoms with E-state index in [2.05, 4.69) is 17.1 Å². The molecule has 7 heteroatoms. The Labute approximate surface area is 176 Å². The van der Waals surface area contributed by atoms with Crippen molar-refractivity contribution in [3.63, 3.8) is 0 Å². The Hall–Kier alpha value is -2.41. The molecule has 5 rings (SSSR count). The zero-order valence-corrected chi connectivity index (χ0v) is 17.4. The molecular formula is C23H29N3O4. The van der Waals surface area contributed by atoms with Gasteiger partial charge in [-0.3, -0.25) is 24.6 Å². The Kier molecular flexibility index (Phi) is 5.01. The van der Waals surface area contributed by atoms with E-state index in [1.807, 2.05) is 18.2 Å². The monoisotopic (exact) mass is 411 g/mol. The fourth-order valence-corrected chi connectivity index (χ4v) is 5.53. The van der Waals surface area contributed by atoms with E-state index >= 15 is 0 Å². The molecule has 1 N–H and O–H groups in total. The Morgan fingerprint density at radius 3 is 2.73 bits per heavy atom. The van der Waals surface area contributed by atoms with Gasteiger partial charge in [-0.1, -0.05) is 6.92 Å². The van der Waals surface area contributed by atoms with E-state index in [1.54, 1.807) is 4.90 Å². The van der Waals surface area contributed by atoms with Gasteiger partial charge >= 0.3 is 0 Å². The van der Waals surface area contributed by atoms with Gasteiger partial charge in [-0.25, -0.2) is 0 Å². The van der Waals surface area contributed by atoms with Crippen molar-refractivity contribution in [1.82, 2.24) is 15.1 Å². The highest BCUT2D eigenvalue weighted by Crippen LogP contribution is 2.34. The fraction of sp³-hybridized carbons (Fsp3) is 0.609. The molecular weight excluding hydrogens is 382 g/mol. The second-order valence-corrected chi connectivity index (χ2v) is 9.26. The Morgan fingerprint density at radius 1 is 1.10 bits per heavy atom. The highest BCUT2D eigenvalue weighted by Gasteiger charge is 2.40. The lowest BCUT2D eigenvalue weighted by Crippen LogP contribution is -2.52. The van der Waals surface area contributed by atoms with Gasteiger partial charge in [0.15, 0.2) is 0 Å². The van der Waals surface area contributed by atoms with Gasteiger partial charge in [-0.2, -0.15) is 0 Å². The summed E-state index contributed by atoms with van der Waals surface area (Å²) in [5, 5.41) is 2.35. The molecule has 0 bridgehead atoms. The lowest BCUT2D eigenvalue weighted by Gasteiger charge is -2.30. The molecule has 4 aliphatic rings. The van der Waals surface area contributed by atoms with Crippen molar-refractivity contribution in [3.05, 3.63) is 29.3 Å². The van der Waals surface area contributed by atoms with Gasteiger partial charge in [0.25, 0.3) is 5.91 Å². The molecule has 7 nitrogen and oxygen atoms in total. The summed E-state index contributed by atoms with van der Waals surface area (Å²) in [6.07, 6.45) is 5.54. The maximum Gasteiger partial charge on any atom is 0.255 e. The summed E-state index contributed by atoms with van der Waals surface area (Å²) in [5.74, 6) is 0.773. The lowest BCUT2D eigenvalue weighted by molar-refractivity contribution is -0.136. The second-order valence-electron chi connectivity index (χ2n) is 9.26. The largest absolute Gasteiger partial charge is 0.489 e. The normalized spacial score (nSPS) is 31.9. The molecule has 0 radical (unpaired) electrons. The third-order valence-corrected chi connectivity index (χ3v) is 7.12. The standard InChI is InChI=1S/C23H29N3O4/c1-14-9-10-25(12-14)18-3-2-4-20(18)30-16-5-6-17-15(11-16)13-26(23(17)29)19-7-8-21(27)24-22(19)28/h5-6,11,14,18-20H,2-4,7-10,12-13H2,1H3,(H,24,27,28)/t14-,18-,19?,20-/m0/s1. The first kappa shape index (κ1) is 19.5. The molecule has 0 aromatic heterocycles. The summed E-state index contributed by atoms with van der Waals surface area (Å²) in [5.41, 5.74) is 1.52. The molecule has 2 saturated heterocycles. The number of carbonyl (C=O) groups excluding carboxylic acids is 3. The first-order chi connectivity index (χ1) is 14.5. The first-order valence-corrected chi connectivity index (χ1v) is 11.2. The van der Waals surface area contributed by atoms with Crippen LogP contribution in [0.2, 0.25) is 0 Å². The van der Waals surface area contributed by atoms with Crippen LogP contribution in [0.5, 0.6) is 5.75 Å². The van der Waals surface area contributed by atoms with E-state index < -0.39 is 6.04 Å². The maximum absolute atomic E-state index is 12.8. The van der Waals surface area contributed by atoms with Crippen molar-refractivity contribution < 1.29 is 19.1 Å². The summed E-state index contributed by atoms with van der Waals surface area (Å²) in [6.45, 7) is 5.02. The number of nitrogens with one attached hydrogen (secondary N) is 1. The van der Waals surface area contributed by atoms with E-state index in [1.165, 1.54) is 19.3 Å². The fourth-order valence-electron chi connectivity index (χ4n) is 5.53. The van der Waals surface area contributed by atoms with Crippen molar-refractivity contribution in [2.45, 2.75) is 70.2 Å². The predicted molar refractivity (Wildman–Crippen MR) is 110 cm³/mol. The third-order valence-electron chi connectivity index (χ3n) is 7.12. The highest BCUT2D eigenvalue weighted by molar-refractivity contribution is 6.05. The SMILES string of the molecule is C[C@H]1CCN([C@H]2CCC[C@@H]2Oc2ccc3c(c2)CN(C2CCC(=O)NC2=O)C3=O)C1. The number of piperidine rings is 1. The van der Waals surface area contributed by atoms with Crippen molar-refractivity contribution in [3.8, 4) is 5.75 Å². The van der Waals surface area contributed by atoms with Crippen molar-refractivity contribution in [2.24, 2.45) is 5.92 Å². The number of fused-ring (bicyclic) bond motifs is 1. The topological polar surface area (TPSA) is 79.0 Å². The van der Waals surface area contributed by atoms with Crippen LogP contribution in [0.1, 0.15) is 61.4 Å². The molecule has 3 amide bonds. The van der Waals surface area contributed by atoms with E-state index in [4.69, 9.17) is 4.74 Å². The van der Waals surface area contributed by atoms with E-state index in [9.17, 15) is 14.4 Å². The van der Waals surface area contributed by atoms with Crippen molar-refractivity contribution >= 4 is 17.7 Å². The minimum Gasteiger partial charge on any atom is -0.489 e. The number of rotatable bonds is 4. The molecule has 1 aromatic rings. The van der Waals surface area contributed by atoms with Gasteiger partial charge in [0.2, 0.25) is 11.8 Å². The number of imide groups is 1. The quantitative estimate of drug-likeness (QED) is 0.768. The van der Waals surface area contributed by atoms with Gasteiger partial charge in [0.05, 0.1) is 0 Å². The molecule has 1 unspecified atom stereocenters. The number of ether oxygens (including phenoxy) is 1. The summed E-state index contributed by atoms with van der Waals surface area (Å²) >= 11 is 0. The Balaban J connectivity index is 1.29. The van der Waals surface area contributed by atoms with Gasteiger partial charge in [-0.05, 0) is 68.3 Å². The van der Waals surface area contributed by atoms with E-state index in [-0.39, 0.29) is 30.2 Å². The van der Waals surface area contributed by atoms with Crippen LogP contribution in [-0.4, -0.2) is 58.8 Å². The van der Waals surface area contributed by atoms with Crippen LogP contribution in [0.15, 0.2) is 18.2 Å². The van der Waals surface area contributed by atoms with Crippen LogP contribution in [0, 0.1) is 5.92 Å². The average Bonchev–Trinajstić information content (AvgIpc) is 3.41. The molecule has 1 saturated carbocycles. The predicted octanol–water partition coefficient (Wildman–Crippen LogP) is 2.09.